The summed E-state index contributed by atoms with van der Waals surface area (Å²) in [6.07, 6.45) is 3.88. The Morgan fingerprint density at radius 1 is 1.04 bits per heavy atom. The Labute approximate surface area is 156 Å². The van der Waals surface area contributed by atoms with Crippen LogP contribution in [0.4, 0.5) is 0 Å². The summed E-state index contributed by atoms with van der Waals surface area (Å²) in [5.41, 5.74) is 5.66. The lowest BCUT2D eigenvalue weighted by atomic mass is 10.1. The number of nitrogens with zero attached hydrogens (tertiary/aromatic N) is 3. The second-order valence-electron chi connectivity index (χ2n) is 7.00. The highest BCUT2D eigenvalue weighted by molar-refractivity contribution is 5.65. The largest absolute Gasteiger partial charge is 0.388 e. The van der Waals surface area contributed by atoms with Crippen LogP contribution in [0.3, 0.4) is 0 Å². The molecule has 0 atom stereocenters. The molecule has 0 radical (unpaired) electrons. The second kappa shape index (κ2) is 6.13. The van der Waals surface area contributed by atoms with E-state index >= 15 is 0 Å². The number of rotatable bonds is 2. The fourth-order valence-electron chi connectivity index (χ4n) is 3.74. The van der Waals surface area contributed by atoms with E-state index in [1.54, 1.807) is 4.68 Å². The van der Waals surface area contributed by atoms with Crippen LogP contribution >= 0.6 is 0 Å². The van der Waals surface area contributed by atoms with Crippen molar-refractivity contribution >= 4 is 11.3 Å². The van der Waals surface area contributed by atoms with Crippen molar-refractivity contribution in [3.63, 3.8) is 0 Å². The van der Waals surface area contributed by atoms with Gasteiger partial charge in [-0.15, -0.1) is 0 Å². The SMILES string of the molecule is Cc1ccc(-c2cn3c(n2)/c(=C2/CCCN2)c(=O)n3-c2ccccc2)cc1. The van der Waals surface area contributed by atoms with Crippen molar-refractivity contribution in [3.8, 4) is 16.9 Å². The maximum Gasteiger partial charge on any atom is 0.283 e. The Bertz CT molecular complexity index is 1230. The van der Waals surface area contributed by atoms with Crippen molar-refractivity contribution in [1.29, 1.82) is 0 Å². The molecule has 1 aliphatic heterocycles. The molecular weight excluding hydrogens is 336 g/mol. The van der Waals surface area contributed by atoms with Gasteiger partial charge in [0, 0.05) is 17.8 Å². The molecule has 2 aromatic heterocycles. The first-order chi connectivity index (χ1) is 13.2. The van der Waals surface area contributed by atoms with Gasteiger partial charge >= 0.3 is 0 Å². The van der Waals surface area contributed by atoms with Gasteiger partial charge in [0.1, 0.15) is 5.22 Å². The van der Waals surface area contributed by atoms with Gasteiger partial charge in [0.25, 0.3) is 5.56 Å². The van der Waals surface area contributed by atoms with Crippen molar-refractivity contribution in [2.45, 2.75) is 19.8 Å². The summed E-state index contributed by atoms with van der Waals surface area (Å²) in [5, 5.41) is 4.07. The molecule has 2 aromatic carbocycles. The Hall–Kier alpha value is -3.34. The number of aryl methyl sites for hydroxylation is 1. The molecule has 1 fully saturated rings. The van der Waals surface area contributed by atoms with E-state index in [2.05, 4.69) is 36.5 Å². The number of hydrogen-bond donors (Lipinski definition) is 1. The van der Waals surface area contributed by atoms with Crippen molar-refractivity contribution in [3.05, 3.63) is 81.9 Å². The van der Waals surface area contributed by atoms with Crippen LogP contribution in [0.25, 0.3) is 28.3 Å². The molecule has 1 aliphatic rings. The van der Waals surface area contributed by atoms with Crippen molar-refractivity contribution in [2.24, 2.45) is 0 Å². The van der Waals surface area contributed by atoms with Gasteiger partial charge in [0.2, 0.25) is 0 Å². The zero-order valence-corrected chi connectivity index (χ0v) is 15.1. The summed E-state index contributed by atoms with van der Waals surface area (Å²) in [5.74, 6) is 0. The van der Waals surface area contributed by atoms with Crippen LogP contribution in [-0.2, 0) is 0 Å². The normalized spacial score (nSPS) is 16.0. The highest BCUT2D eigenvalue weighted by atomic mass is 16.1. The predicted molar refractivity (Wildman–Crippen MR) is 107 cm³/mol. The fourth-order valence-corrected chi connectivity index (χ4v) is 3.74. The molecule has 27 heavy (non-hydrogen) atoms. The van der Waals surface area contributed by atoms with Crippen LogP contribution < -0.4 is 16.1 Å². The maximum absolute atomic E-state index is 13.3. The lowest BCUT2D eigenvalue weighted by Gasteiger charge is -2.03. The van der Waals surface area contributed by atoms with Gasteiger partial charge in [0.05, 0.1) is 17.6 Å². The fraction of sp³-hybridized carbons (Fsp3) is 0.182. The molecule has 0 amide bonds. The molecule has 4 aromatic rings. The molecular formula is C22H20N4O. The molecule has 0 bridgehead atoms. The average molecular weight is 356 g/mol. The lowest BCUT2D eigenvalue weighted by molar-refractivity contribution is 0.778. The van der Waals surface area contributed by atoms with Crippen molar-refractivity contribution in [1.82, 2.24) is 19.5 Å². The third kappa shape index (κ3) is 2.54. The standard InChI is InChI=1S/C22H20N4O/c1-15-9-11-16(12-10-15)19-14-25-21(24-19)20(18-8-5-13-23-18)22(27)26(25)17-6-3-2-4-7-17/h2-4,6-7,9-12,14,23H,5,8,13H2,1H3/b20-18+. The summed E-state index contributed by atoms with van der Waals surface area (Å²) in [7, 11) is 0. The molecule has 1 N–H and O–H groups in total. The molecule has 5 rings (SSSR count). The van der Waals surface area contributed by atoms with E-state index in [0.29, 0.717) is 10.9 Å². The molecule has 0 unspecified atom stereocenters. The minimum Gasteiger partial charge on any atom is -0.388 e. The van der Waals surface area contributed by atoms with E-state index in [1.165, 1.54) is 5.56 Å². The van der Waals surface area contributed by atoms with Gasteiger partial charge in [0.15, 0.2) is 5.65 Å². The summed E-state index contributed by atoms with van der Waals surface area (Å²) in [6.45, 7) is 2.98. The third-order valence-corrected chi connectivity index (χ3v) is 5.13. The van der Waals surface area contributed by atoms with Crippen LogP contribution in [0.2, 0.25) is 0 Å². The summed E-state index contributed by atoms with van der Waals surface area (Å²) in [6, 6.07) is 18.0. The highest BCUT2D eigenvalue weighted by Gasteiger charge is 2.19. The van der Waals surface area contributed by atoms with E-state index < -0.39 is 0 Å². The van der Waals surface area contributed by atoms with Crippen LogP contribution in [0.5, 0.6) is 0 Å². The minimum absolute atomic E-state index is 0.0245. The first-order valence-electron chi connectivity index (χ1n) is 9.26. The summed E-state index contributed by atoms with van der Waals surface area (Å²) >= 11 is 0. The van der Waals surface area contributed by atoms with E-state index in [4.69, 9.17) is 4.98 Å². The number of nitrogens with one attached hydrogen (secondary N) is 1. The molecule has 0 aliphatic carbocycles. The summed E-state index contributed by atoms with van der Waals surface area (Å²) < 4.78 is 3.59. The molecule has 134 valence electrons. The van der Waals surface area contributed by atoms with Gasteiger partial charge in [-0.25, -0.2) is 14.2 Å². The van der Waals surface area contributed by atoms with E-state index in [9.17, 15) is 4.79 Å². The molecule has 5 nitrogen and oxygen atoms in total. The highest BCUT2D eigenvalue weighted by Crippen LogP contribution is 2.20. The topological polar surface area (TPSA) is 51.3 Å². The predicted octanol–water partition coefficient (Wildman–Crippen LogP) is 2.67. The second-order valence-corrected chi connectivity index (χ2v) is 7.00. The van der Waals surface area contributed by atoms with Crippen molar-refractivity contribution in [2.75, 3.05) is 6.54 Å². The lowest BCUT2D eigenvalue weighted by Crippen LogP contribution is -2.32. The van der Waals surface area contributed by atoms with Crippen LogP contribution in [0.15, 0.2) is 65.6 Å². The van der Waals surface area contributed by atoms with E-state index in [0.717, 1.165) is 42.0 Å². The van der Waals surface area contributed by atoms with Gasteiger partial charge in [-0.05, 0) is 31.9 Å². The third-order valence-electron chi connectivity index (χ3n) is 5.13. The molecule has 5 heteroatoms. The number of aromatic nitrogens is 3. The number of hydrogen-bond acceptors (Lipinski definition) is 3. The van der Waals surface area contributed by atoms with E-state index in [1.807, 2.05) is 41.0 Å². The quantitative estimate of drug-likeness (QED) is 0.601. The number of imidazole rings is 1. The first-order valence-corrected chi connectivity index (χ1v) is 9.26. The van der Waals surface area contributed by atoms with E-state index in [-0.39, 0.29) is 5.56 Å². The first kappa shape index (κ1) is 15.9. The monoisotopic (exact) mass is 356 g/mol. The summed E-state index contributed by atoms with van der Waals surface area (Å²) in [4.78, 5) is 18.1. The zero-order valence-electron chi connectivity index (χ0n) is 15.1. The van der Waals surface area contributed by atoms with Gasteiger partial charge in [-0.2, -0.15) is 0 Å². The van der Waals surface area contributed by atoms with Crippen molar-refractivity contribution < 1.29 is 0 Å². The number of fused-ring (bicyclic) bond motifs is 1. The smallest absolute Gasteiger partial charge is 0.283 e. The molecule has 1 saturated heterocycles. The number of benzene rings is 2. The zero-order chi connectivity index (χ0) is 18.4. The Kier molecular flexibility index (Phi) is 3.60. The minimum atomic E-state index is -0.0245. The maximum atomic E-state index is 13.3. The van der Waals surface area contributed by atoms with Crippen LogP contribution in [-0.4, -0.2) is 20.7 Å². The molecule has 3 heterocycles. The Morgan fingerprint density at radius 2 is 1.81 bits per heavy atom. The Balaban J connectivity index is 1.84. The van der Waals surface area contributed by atoms with Crippen LogP contribution in [0.1, 0.15) is 18.4 Å². The van der Waals surface area contributed by atoms with Gasteiger partial charge in [-0.1, -0.05) is 48.0 Å². The molecule has 0 saturated carbocycles. The Morgan fingerprint density at radius 3 is 2.52 bits per heavy atom. The number of para-hydroxylation sites is 1. The molecule has 0 spiro atoms. The van der Waals surface area contributed by atoms with Gasteiger partial charge in [-0.3, -0.25) is 4.79 Å². The van der Waals surface area contributed by atoms with Crippen LogP contribution in [0, 0.1) is 6.92 Å². The average Bonchev–Trinajstić information content (AvgIpc) is 3.39. The van der Waals surface area contributed by atoms with Gasteiger partial charge < -0.3 is 5.32 Å².